The maximum atomic E-state index is 4.29. The van der Waals surface area contributed by atoms with Crippen LogP contribution in [0.25, 0.3) is 10.8 Å². The van der Waals surface area contributed by atoms with Gasteiger partial charge in [0.15, 0.2) is 0 Å². The van der Waals surface area contributed by atoms with E-state index < -0.39 is 0 Å². The maximum absolute atomic E-state index is 4.29. The standard InChI is InChI=1S/C23H30N2S2.ClH/c1-5-18(3)26-23(27-19(4)6-2,16-25-14-13-24-17-25)22-12-11-20-9-7-8-10-21(20)15-22;/h7-15,17-19H,5-6,16H2,1-4H3;1H. The van der Waals surface area contributed by atoms with Gasteiger partial charge in [-0.2, -0.15) is 0 Å². The molecule has 28 heavy (non-hydrogen) atoms. The van der Waals surface area contributed by atoms with E-state index in [-0.39, 0.29) is 16.5 Å². The summed E-state index contributed by atoms with van der Waals surface area (Å²) in [6.07, 6.45) is 8.26. The van der Waals surface area contributed by atoms with Crippen molar-refractivity contribution in [3.05, 3.63) is 66.7 Å². The van der Waals surface area contributed by atoms with Crippen LogP contribution in [0.4, 0.5) is 0 Å². The second-order valence-corrected chi connectivity index (χ2v) is 11.0. The molecule has 0 aliphatic rings. The van der Waals surface area contributed by atoms with Crippen molar-refractivity contribution in [3.63, 3.8) is 0 Å². The zero-order chi connectivity index (χ0) is 19.3. The first-order valence-corrected chi connectivity index (χ1v) is 11.6. The largest absolute Gasteiger partial charge is 0.335 e. The molecule has 0 saturated carbocycles. The number of imidazole rings is 1. The molecule has 0 N–H and O–H groups in total. The van der Waals surface area contributed by atoms with Crippen LogP contribution in [-0.2, 0) is 10.6 Å². The van der Waals surface area contributed by atoms with Crippen LogP contribution in [0, 0.1) is 0 Å². The molecule has 1 heterocycles. The molecular formula is C23H31ClN2S2. The third-order valence-corrected chi connectivity index (χ3v) is 8.61. The molecule has 3 rings (SSSR count). The molecule has 0 bridgehead atoms. The Balaban J connectivity index is 0.00000280. The second-order valence-electron chi connectivity index (χ2n) is 7.22. The topological polar surface area (TPSA) is 17.8 Å². The number of aromatic nitrogens is 2. The Morgan fingerprint density at radius 2 is 1.61 bits per heavy atom. The van der Waals surface area contributed by atoms with E-state index in [9.17, 15) is 0 Å². The Bertz CT molecular complexity index is 839. The SMILES string of the molecule is CCC(C)SC(Cn1ccnc1)(SC(C)CC)c1ccc2ccccc2c1.Cl. The average Bonchev–Trinajstić information content (AvgIpc) is 3.20. The van der Waals surface area contributed by atoms with E-state index in [1.54, 1.807) is 0 Å². The van der Waals surface area contributed by atoms with Crippen molar-refractivity contribution in [1.29, 1.82) is 0 Å². The van der Waals surface area contributed by atoms with Crippen molar-refractivity contribution >= 4 is 46.7 Å². The summed E-state index contributed by atoms with van der Waals surface area (Å²) in [7, 11) is 0. The smallest absolute Gasteiger partial charge is 0.104 e. The van der Waals surface area contributed by atoms with Crippen molar-refractivity contribution in [2.75, 3.05) is 0 Å². The molecule has 1 aromatic heterocycles. The molecule has 0 saturated heterocycles. The lowest BCUT2D eigenvalue weighted by molar-refractivity contribution is 0.642. The van der Waals surface area contributed by atoms with Crippen molar-refractivity contribution in [2.24, 2.45) is 0 Å². The minimum Gasteiger partial charge on any atom is -0.335 e. The van der Waals surface area contributed by atoms with E-state index in [1.165, 1.54) is 29.2 Å². The van der Waals surface area contributed by atoms with E-state index in [0.29, 0.717) is 10.5 Å². The maximum Gasteiger partial charge on any atom is 0.104 e. The molecule has 152 valence electrons. The fraction of sp³-hybridized carbons (Fsp3) is 0.435. The molecule has 5 heteroatoms. The highest BCUT2D eigenvalue weighted by molar-refractivity contribution is 8.18. The van der Waals surface area contributed by atoms with Crippen LogP contribution < -0.4 is 0 Å². The molecule has 0 aliphatic carbocycles. The molecular weight excluding hydrogens is 404 g/mol. The van der Waals surface area contributed by atoms with Crippen LogP contribution in [0.15, 0.2) is 61.2 Å². The van der Waals surface area contributed by atoms with Gasteiger partial charge in [0.1, 0.15) is 4.08 Å². The van der Waals surface area contributed by atoms with Crippen LogP contribution in [0.5, 0.6) is 0 Å². The van der Waals surface area contributed by atoms with Gasteiger partial charge in [-0.15, -0.1) is 35.9 Å². The van der Waals surface area contributed by atoms with Gasteiger partial charge in [0.2, 0.25) is 0 Å². The molecule has 2 unspecified atom stereocenters. The molecule has 2 aromatic carbocycles. The Kier molecular flexibility index (Phi) is 8.79. The van der Waals surface area contributed by atoms with Crippen LogP contribution in [-0.4, -0.2) is 20.1 Å². The molecule has 2 atom stereocenters. The summed E-state index contributed by atoms with van der Waals surface area (Å²) in [6.45, 7) is 10.2. The van der Waals surface area contributed by atoms with Crippen molar-refractivity contribution in [3.8, 4) is 0 Å². The minimum atomic E-state index is -0.0322. The molecule has 0 fully saturated rings. The van der Waals surface area contributed by atoms with E-state index in [0.717, 1.165) is 6.54 Å². The summed E-state index contributed by atoms with van der Waals surface area (Å²) in [5.74, 6) is 0. The van der Waals surface area contributed by atoms with E-state index >= 15 is 0 Å². The molecule has 0 aliphatic heterocycles. The highest BCUT2D eigenvalue weighted by Crippen LogP contribution is 2.52. The lowest BCUT2D eigenvalue weighted by atomic mass is 10.0. The quantitative estimate of drug-likeness (QED) is 0.327. The third-order valence-electron chi connectivity index (χ3n) is 5.07. The number of fused-ring (bicyclic) bond motifs is 1. The Morgan fingerprint density at radius 3 is 2.18 bits per heavy atom. The summed E-state index contributed by atoms with van der Waals surface area (Å²) in [6, 6.07) is 15.7. The van der Waals surface area contributed by atoms with E-state index in [2.05, 4.69) is 109 Å². The van der Waals surface area contributed by atoms with Crippen LogP contribution >= 0.6 is 35.9 Å². The number of benzene rings is 2. The number of thioether (sulfide) groups is 2. The van der Waals surface area contributed by atoms with E-state index in [4.69, 9.17) is 0 Å². The van der Waals surface area contributed by atoms with Gasteiger partial charge < -0.3 is 4.57 Å². The minimum absolute atomic E-state index is 0. The van der Waals surface area contributed by atoms with E-state index in [1.807, 2.05) is 12.5 Å². The predicted molar refractivity (Wildman–Crippen MR) is 130 cm³/mol. The zero-order valence-corrected chi connectivity index (χ0v) is 19.6. The highest BCUT2D eigenvalue weighted by atomic mass is 35.5. The fourth-order valence-electron chi connectivity index (χ4n) is 3.19. The van der Waals surface area contributed by atoms with Crippen molar-refractivity contribution in [1.82, 2.24) is 9.55 Å². The number of halogens is 1. The van der Waals surface area contributed by atoms with Gasteiger partial charge in [0.25, 0.3) is 0 Å². The van der Waals surface area contributed by atoms with Crippen molar-refractivity contribution in [2.45, 2.75) is 61.7 Å². The van der Waals surface area contributed by atoms with Crippen LogP contribution in [0.3, 0.4) is 0 Å². The summed E-state index contributed by atoms with van der Waals surface area (Å²) in [5, 5.41) is 3.81. The number of nitrogens with zero attached hydrogens (tertiary/aromatic N) is 2. The Morgan fingerprint density at radius 1 is 0.964 bits per heavy atom. The lowest BCUT2D eigenvalue weighted by Gasteiger charge is -2.38. The van der Waals surface area contributed by atoms with Gasteiger partial charge >= 0.3 is 0 Å². The number of rotatable bonds is 9. The summed E-state index contributed by atoms with van der Waals surface area (Å²) in [4.78, 5) is 4.29. The fourth-order valence-corrected chi connectivity index (χ4v) is 7.01. The van der Waals surface area contributed by atoms with Gasteiger partial charge in [-0.25, -0.2) is 4.98 Å². The summed E-state index contributed by atoms with van der Waals surface area (Å²) < 4.78 is 2.20. The van der Waals surface area contributed by atoms with Gasteiger partial charge in [0.05, 0.1) is 12.9 Å². The number of hydrogen-bond acceptors (Lipinski definition) is 3. The van der Waals surface area contributed by atoms with Gasteiger partial charge in [-0.05, 0) is 35.2 Å². The molecule has 0 radical (unpaired) electrons. The highest BCUT2D eigenvalue weighted by Gasteiger charge is 2.37. The monoisotopic (exact) mass is 434 g/mol. The second kappa shape index (κ2) is 10.6. The summed E-state index contributed by atoms with van der Waals surface area (Å²) in [5.41, 5.74) is 1.41. The number of hydrogen-bond donors (Lipinski definition) is 0. The Hall–Kier alpha value is -1.10. The first-order chi connectivity index (χ1) is 13.1. The van der Waals surface area contributed by atoms with Gasteiger partial charge in [-0.3, -0.25) is 0 Å². The Labute approximate surface area is 184 Å². The lowest BCUT2D eigenvalue weighted by Crippen LogP contribution is -2.28. The molecule has 0 amide bonds. The first-order valence-electron chi connectivity index (χ1n) is 9.87. The molecule has 0 spiro atoms. The zero-order valence-electron chi connectivity index (χ0n) is 17.2. The third kappa shape index (κ3) is 5.49. The predicted octanol–water partition coefficient (Wildman–Crippen LogP) is 7.37. The van der Waals surface area contributed by atoms with Crippen LogP contribution in [0.1, 0.15) is 46.1 Å². The average molecular weight is 435 g/mol. The van der Waals surface area contributed by atoms with Crippen molar-refractivity contribution < 1.29 is 0 Å². The molecule has 2 nitrogen and oxygen atoms in total. The first kappa shape index (κ1) is 23.2. The summed E-state index contributed by atoms with van der Waals surface area (Å²) >= 11 is 4.22. The molecule has 3 aromatic rings. The van der Waals surface area contributed by atoms with Gasteiger partial charge in [-0.1, -0.05) is 64.1 Å². The van der Waals surface area contributed by atoms with Gasteiger partial charge in [0, 0.05) is 22.9 Å². The van der Waals surface area contributed by atoms with Crippen LogP contribution in [0.2, 0.25) is 0 Å². The normalized spacial score (nSPS) is 15.6.